The highest BCUT2D eigenvalue weighted by Crippen LogP contribution is 2.06. The fourth-order valence-electron chi connectivity index (χ4n) is 2.31. The van der Waals surface area contributed by atoms with E-state index in [0.29, 0.717) is 0 Å². The Balaban J connectivity index is 3.43. The summed E-state index contributed by atoms with van der Waals surface area (Å²) in [5.74, 6) is 0. The lowest BCUT2D eigenvalue weighted by molar-refractivity contribution is -0.923. The lowest BCUT2D eigenvalue weighted by Crippen LogP contribution is -2.49. The number of nitrogens with zero attached hydrogens (tertiary/aromatic N) is 1. The molecule has 0 heterocycles. The van der Waals surface area contributed by atoms with Crippen molar-refractivity contribution in [2.45, 2.75) is 59.8 Å². The van der Waals surface area contributed by atoms with Crippen LogP contribution >= 0.6 is 0 Å². The molecule has 0 aromatic heterocycles. The SMILES string of the molecule is CCCCCCCOCC[N+](CC)(CC)CC. The van der Waals surface area contributed by atoms with Gasteiger partial charge in [0, 0.05) is 6.61 Å². The predicted molar refractivity (Wildman–Crippen MR) is 76.3 cm³/mol. The van der Waals surface area contributed by atoms with E-state index in [1.165, 1.54) is 62.8 Å². The zero-order chi connectivity index (χ0) is 13.0. The maximum absolute atomic E-state index is 5.76. The number of hydrogen-bond acceptors (Lipinski definition) is 1. The van der Waals surface area contributed by atoms with Crippen molar-refractivity contribution < 1.29 is 9.22 Å². The predicted octanol–water partition coefficient (Wildman–Crippen LogP) is 3.85. The van der Waals surface area contributed by atoms with E-state index in [4.69, 9.17) is 4.74 Å². The number of ether oxygens (including phenoxy) is 1. The van der Waals surface area contributed by atoms with Crippen LogP contribution in [-0.2, 0) is 4.74 Å². The van der Waals surface area contributed by atoms with Crippen molar-refractivity contribution in [1.29, 1.82) is 0 Å². The molecule has 0 aliphatic carbocycles. The quantitative estimate of drug-likeness (QED) is 0.374. The Morgan fingerprint density at radius 1 is 0.706 bits per heavy atom. The second-order valence-electron chi connectivity index (χ2n) is 5.04. The summed E-state index contributed by atoms with van der Waals surface area (Å²) in [6, 6.07) is 0. The Morgan fingerprint density at radius 2 is 1.29 bits per heavy atom. The molecule has 0 radical (unpaired) electrons. The van der Waals surface area contributed by atoms with E-state index >= 15 is 0 Å². The third kappa shape index (κ3) is 7.77. The molecule has 0 saturated carbocycles. The topological polar surface area (TPSA) is 9.23 Å². The summed E-state index contributed by atoms with van der Waals surface area (Å²) < 4.78 is 6.96. The van der Waals surface area contributed by atoms with Crippen LogP contribution in [0.25, 0.3) is 0 Å². The Kier molecular flexibility index (Phi) is 11.0. The van der Waals surface area contributed by atoms with Gasteiger partial charge in [-0.1, -0.05) is 32.6 Å². The third-order valence-corrected chi connectivity index (χ3v) is 4.11. The zero-order valence-corrected chi connectivity index (χ0v) is 12.6. The minimum Gasteiger partial charge on any atom is -0.376 e. The Morgan fingerprint density at radius 3 is 1.82 bits per heavy atom. The number of hydrogen-bond donors (Lipinski definition) is 0. The molecular weight excluding hydrogens is 210 g/mol. The minimum absolute atomic E-state index is 0.934. The number of rotatable bonds is 12. The van der Waals surface area contributed by atoms with E-state index in [-0.39, 0.29) is 0 Å². The van der Waals surface area contributed by atoms with Gasteiger partial charge >= 0.3 is 0 Å². The van der Waals surface area contributed by atoms with Crippen LogP contribution in [0.2, 0.25) is 0 Å². The molecule has 2 nitrogen and oxygen atoms in total. The van der Waals surface area contributed by atoms with E-state index in [1.807, 2.05) is 0 Å². The molecular formula is C15H34NO+. The summed E-state index contributed by atoms with van der Waals surface area (Å²) in [6.45, 7) is 15.9. The first-order valence-corrected chi connectivity index (χ1v) is 7.67. The summed E-state index contributed by atoms with van der Waals surface area (Å²) in [6.07, 6.45) is 6.65. The second kappa shape index (κ2) is 11.0. The molecule has 0 amide bonds. The van der Waals surface area contributed by atoms with E-state index < -0.39 is 0 Å². The number of likely N-dealkylation sites (N-methyl/N-ethyl adjacent to an activating group) is 1. The normalized spacial score (nSPS) is 12.0. The highest BCUT2D eigenvalue weighted by atomic mass is 16.5. The van der Waals surface area contributed by atoms with Crippen LogP contribution in [-0.4, -0.2) is 43.9 Å². The van der Waals surface area contributed by atoms with Gasteiger partial charge in [0.15, 0.2) is 0 Å². The van der Waals surface area contributed by atoms with Crippen LogP contribution < -0.4 is 0 Å². The minimum atomic E-state index is 0.934. The molecule has 0 aromatic carbocycles. The van der Waals surface area contributed by atoms with Crippen LogP contribution in [0.15, 0.2) is 0 Å². The van der Waals surface area contributed by atoms with Gasteiger partial charge in [0.05, 0.1) is 26.2 Å². The lowest BCUT2D eigenvalue weighted by Gasteiger charge is -2.35. The summed E-state index contributed by atoms with van der Waals surface area (Å²) in [4.78, 5) is 0. The van der Waals surface area contributed by atoms with Gasteiger partial charge in [0.25, 0.3) is 0 Å². The fourth-order valence-corrected chi connectivity index (χ4v) is 2.31. The summed E-state index contributed by atoms with van der Waals surface area (Å²) in [5.41, 5.74) is 0. The molecule has 0 N–H and O–H groups in total. The second-order valence-corrected chi connectivity index (χ2v) is 5.04. The smallest absolute Gasteiger partial charge is 0.102 e. The Bertz CT molecular complexity index is 147. The molecule has 0 aromatic rings. The molecule has 2 heteroatoms. The standard InChI is InChI=1S/C15H34NO/c1-5-9-10-11-12-14-17-15-13-16(6-2,7-3)8-4/h5-15H2,1-4H3/q+1. The van der Waals surface area contributed by atoms with Gasteiger partial charge in [0.2, 0.25) is 0 Å². The largest absolute Gasteiger partial charge is 0.376 e. The summed E-state index contributed by atoms with van der Waals surface area (Å²) in [7, 11) is 0. The van der Waals surface area contributed by atoms with Gasteiger partial charge in [-0.3, -0.25) is 0 Å². The molecule has 17 heavy (non-hydrogen) atoms. The van der Waals surface area contributed by atoms with E-state index in [1.54, 1.807) is 0 Å². The summed E-state index contributed by atoms with van der Waals surface area (Å²) in [5, 5.41) is 0. The van der Waals surface area contributed by atoms with Gasteiger partial charge in [-0.25, -0.2) is 0 Å². The van der Waals surface area contributed by atoms with Gasteiger partial charge in [0.1, 0.15) is 6.54 Å². The van der Waals surface area contributed by atoms with Gasteiger partial charge in [-0.2, -0.15) is 0 Å². The van der Waals surface area contributed by atoms with Crippen molar-refractivity contribution in [2.24, 2.45) is 0 Å². The highest BCUT2D eigenvalue weighted by molar-refractivity contribution is 4.43. The maximum Gasteiger partial charge on any atom is 0.102 e. The van der Waals surface area contributed by atoms with Crippen molar-refractivity contribution in [1.82, 2.24) is 0 Å². The molecule has 104 valence electrons. The fraction of sp³-hybridized carbons (Fsp3) is 1.00. The average molecular weight is 244 g/mol. The zero-order valence-electron chi connectivity index (χ0n) is 12.6. The van der Waals surface area contributed by atoms with Gasteiger partial charge in [-0.05, 0) is 27.2 Å². The number of unbranched alkanes of at least 4 members (excludes halogenated alkanes) is 4. The molecule has 0 bridgehead atoms. The molecule has 0 fully saturated rings. The molecule has 0 aliphatic heterocycles. The monoisotopic (exact) mass is 244 g/mol. The van der Waals surface area contributed by atoms with Crippen molar-refractivity contribution in [2.75, 3.05) is 39.4 Å². The van der Waals surface area contributed by atoms with E-state index in [2.05, 4.69) is 27.7 Å². The first kappa shape index (κ1) is 16.9. The van der Waals surface area contributed by atoms with Crippen molar-refractivity contribution in [3.8, 4) is 0 Å². The van der Waals surface area contributed by atoms with Crippen LogP contribution in [0.3, 0.4) is 0 Å². The molecule has 0 atom stereocenters. The average Bonchev–Trinajstić information content (AvgIpc) is 2.38. The van der Waals surface area contributed by atoms with Crippen molar-refractivity contribution in [3.05, 3.63) is 0 Å². The first-order chi connectivity index (χ1) is 8.24. The van der Waals surface area contributed by atoms with Crippen LogP contribution in [0.5, 0.6) is 0 Å². The van der Waals surface area contributed by atoms with Crippen LogP contribution in [0, 0.1) is 0 Å². The van der Waals surface area contributed by atoms with Crippen LogP contribution in [0.1, 0.15) is 59.8 Å². The van der Waals surface area contributed by atoms with Gasteiger partial charge < -0.3 is 9.22 Å². The van der Waals surface area contributed by atoms with E-state index in [9.17, 15) is 0 Å². The maximum atomic E-state index is 5.76. The van der Waals surface area contributed by atoms with Crippen molar-refractivity contribution in [3.63, 3.8) is 0 Å². The molecule has 0 saturated heterocycles. The van der Waals surface area contributed by atoms with Gasteiger partial charge in [-0.15, -0.1) is 0 Å². The van der Waals surface area contributed by atoms with Crippen molar-refractivity contribution >= 4 is 0 Å². The van der Waals surface area contributed by atoms with E-state index in [0.717, 1.165) is 13.2 Å². The van der Waals surface area contributed by atoms with Crippen LogP contribution in [0.4, 0.5) is 0 Å². The first-order valence-electron chi connectivity index (χ1n) is 7.67. The third-order valence-electron chi connectivity index (χ3n) is 4.11. The molecule has 0 rings (SSSR count). The highest BCUT2D eigenvalue weighted by Gasteiger charge is 2.19. The summed E-state index contributed by atoms with van der Waals surface area (Å²) >= 11 is 0. The lowest BCUT2D eigenvalue weighted by atomic mass is 10.2. The Hall–Kier alpha value is -0.0800. The Labute approximate surface area is 109 Å². The molecule has 0 spiro atoms. The number of quaternary nitrogens is 1. The molecule has 0 aliphatic rings. The molecule has 0 unspecified atom stereocenters.